The zero-order valence-corrected chi connectivity index (χ0v) is 13.2. The topological polar surface area (TPSA) is 75.1 Å². The Morgan fingerprint density at radius 2 is 2.22 bits per heavy atom. The van der Waals surface area contributed by atoms with E-state index in [1.165, 1.54) is 7.05 Å². The van der Waals surface area contributed by atoms with Gasteiger partial charge in [0.15, 0.2) is 0 Å². The number of rotatable bonds is 5. The SMILES string of the molecule is [3H]c1ccc(OCc2c(CC)coc2-n2nnn(C)c2=O)c(C)c1. The van der Waals surface area contributed by atoms with Gasteiger partial charge in [0.2, 0.25) is 5.88 Å². The molecule has 0 N–H and O–H groups in total. The van der Waals surface area contributed by atoms with Gasteiger partial charge in [-0.3, -0.25) is 0 Å². The van der Waals surface area contributed by atoms with Crippen LogP contribution >= 0.6 is 0 Å². The van der Waals surface area contributed by atoms with Crippen molar-refractivity contribution in [1.82, 2.24) is 19.8 Å². The van der Waals surface area contributed by atoms with Gasteiger partial charge >= 0.3 is 5.69 Å². The second kappa shape index (κ2) is 6.12. The molecule has 0 saturated heterocycles. The van der Waals surface area contributed by atoms with Gasteiger partial charge in [-0.15, -0.1) is 4.68 Å². The highest BCUT2D eigenvalue weighted by Crippen LogP contribution is 2.24. The van der Waals surface area contributed by atoms with Crippen molar-refractivity contribution < 1.29 is 10.5 Å². The summed E-state index contributed by atoms with van der Waals surface area (Å²) in [5.41, 5.74) is 2.19. The first kappa shape index (κ1) is 13.8. The van der Waals surface area contributed by atoms with E-state index in [1.54, 1.807) is 24.5 Å². The summed E-state index contributed by atoms with van der Waals surface area (Å²) in [6.45, 7) is 4.12. The van der Waals surface area contributed by atoms with E-state index in [2.05, 4.69) is 10.4 Å². The van der Waals surface area contributed by atoms with Crippen molar-refractivity contribution in [3.8, 4) is 11.6 Å². The molecule has 7 nitrogen and oxygen atoms in total. The van der Waals surface area contributed by atoms with E-state index in [-0.39, 0.29) is 12.3 Å². The van der Waals surface area contributed by atoms with Gasteiger partial charge < -0.3 is 9.15 Å². The number of ether oxygens (including phenoxy) is 1. The number of hydrogen-bond acceptors (Lipinski definition) is 5. The predicted molar refractivity (Wildman–Crippen MR) is 83.8 cm³/mol. The minimum Gasteiger partial charge on any atom is -0.488 e. The lowest BCUT2D eigenvalue weighted by Crippen LogP contribution is -2.22. The Balaban J connectivity index is 1.94. The molecule has 7 heteroatoms. The molecule has 0 bridgehead atoms. The minimum absolute atomic E-state index is 0.232. The molecule has 0 unspecified atom stereocenters. The van der Waals surface area contributed by atoms with E-state index in [1.807, 2.05) is 13.8 Å². The molecule has 2 heterocycles. The van der Waals surface area contributed by atoms with E-state index in [9.17, 15) is 4.79 Å². The number of aromatic nitrogens is 4. The normalized spacial score (nSPS) is 11.5. The lowest BCUT2D eigenvalue weighted by atomic mass is 10.1. The van der Waals surface area contributed by atoms with Gasteiger partial charge in [0.1, 0.15) is 12.4 Å². The third kappa shape index (κ3) is 2.77. The van der Waals surface area contributed by atoms with Crippen molar-refractivity contribution >= 4 is 0 Å². The van der Waals surface area contributed by atoms with Crippen molar-refractivity contribution in [2.24, 2.45) is 7.05 Å². The molecule has 0 aliphatic carbocycles. The van der Waals surface area contributed by atoms with Crippen LogP contribution in [0.5, 0.6) is 5.75 Å². The number of nitrogens with zero attached hydrogens (tertiary/aromatic N) is 4. The lowest BCUT2D eigenvalue weighted by molar-refractivity contribution is 0.300. The Labute approximate surface area is 134 Å². The minimum atomic E-state index is -0.386. The van der Waals surface area contributed by atoms with Gasteiger partial charge in [-0.2, -0.15) is 4.68 Å². The van der Waals surface area contributed by atoms with Crippen LogP contribution in [0.2, 0.25) is 0 Å². The zero-order chi connectivity index (χ0) is 17.3. The van der Waals surface area contributed by atoms with E-state index < -0.39 is 0 Å². The molecule has 23 heavy (non-hydrogen) atoms. The molecule has 3 rings (SSSR count). The van der Waals surface area contributed by atoms with Gasteiger partial charge in [-0.25, -0.2) is 4.79 Å². The molecular weight excluding hydrogens is 296 g/mol. The van der Waals surface area contributed by atoms with Crippen molar-refractivity contribution in [2.75, 3.05) is 0 Å². The van der Waals surface area contributed by atoms with Crippen molar-refractivity contribution in [3.63, 3.8) is 0 Å². The lowest BCUT2D eigenvalue weighted by Gasteiger charge is -2.09. The number of tetrazole rings is 1. The van der Waals surface area contributed by atoms with Crippen LogP contribution in [-0.2, 0) is 20.1 Å². The molecule has 3 aromatic rings. The van der Waals surface area contributed by atoms with Gasteiger partial charge in [0, 0.05) is 7.05 Å². The monoisotopic (exact) mass is 316 g/mol. The first-order valence-corrected chi connectivity index (χ1v) is 7.30. The molecule has 0 fully saturated rings. The predicted octanol–water partition coefficient (Wildman–Crippen LogP) is 2.01. The number of benzene rings is 1. The summed E-state index contributed by atoms with van der Waals surface area (Å²) in [5, 5.41) is 7.53. The average molecular weight is 316 g/mol. The summed E-state index contributed by atoms with van der Waals surface area (Å²) in [6, 6.07) is 5.60. The van der Waals surface area contributed by atoms with E-state index in [0.717, 1.165) is 32.5 Å². The molecule has 0 radical (unpaired) electrons. The Hall–Kier alpha value is -2.83. The third-order valence-corrected chi connectivity index (χ3v) is 3.64. The Morgan fingerprint density at radius 3 is 2.87 bits per heavy atom. The van der Waals surface area contributed by atoms with Crippen LogP contribution in [0, 0.1) is 6.92 Å². The second-order valence-corrected chi connectivity index (χ2v) is 5.18. The summed E-state index contributed by atoms with van der Waals surface area (Å²) in [7, 11) is 1.53. The fraction of sp³-hybridized carbons (Fsp3) is 0.312. The maximum absolute atomic E-state index is 12.1. The first-order chi connectivity index (χ1) is 11.5. The molecule has 120 valence electrons. The van der Waals surface area contributed by atoms with Crippen LogP contribution in [-0.4, -0.2) is 19.8 Å². The van der Waals surface area contributed by atoms with E-state index in [4.69, 9.17) is 10.5 Å². The molecule has 0 saturated carbocycles. The Morgan fingerprint density at radius 1 is 1.39 bits per heavy atom. The van der Waals surface area contributed by atoms with Crippen molar-refractivity contribution in [2.45, 2.75) is 26.9 Å². The Bertz CT molecular complexity index is 926. The number of para-hydroxylation sites is 1. The summed E-state index contributed by atoms with van der Waals surface area (Å²) in [5.74, 6) is 1.01. The molecule has 0 aliphatic rings. The van der Waals surface area contributed by atoms with Crippen molar-refractivity contribution in [3.05, 3.63) is 57.7 Å². The molecule has 0 amide bonds. The third-order valence-electron chi connectivity index (χ3n) is 3.64. The van der Waals surface area contributed by atoms with Crippen LogP contribution in [0.3, 0.4) is 0 Å². The Kier molecular flexibility index (Phi) is 3.67. The van der Waals surface area contributed by atoms with Gasteiger partial charge in [0.25, 0.3) is 0 Å². The highest BCUT2D eigenvalue weighted by molar-refractivity contribution is 5.38. The van der Waals surface area contributed by atoms with Gasteiger partial charge in [-0.05, 0) is 41.0 Å². The largest absolute Gasteiger partial charge is 0.488 e. The number of hydrogen-bond donors (Lipinski definition) is 0. The average Bonchev–Trinajstić information content (AvgIpc) is 3.10. The highest BCUT2D eigenvalue weighted by atomic mass is 16.5. The summed E-state index contributed by atoms with van der Waals surface area (Å²) >= 11 is 0. The van der Waals surface area contributed by atoms with Crippen LogP contribution in [0.25, 0.3) is 5.88 Å². The fourth-order valence-corrected chi connectivity index (χ4v) is 2.29. The molecule has 0 aliphatic heterocycles. The molecule has 0 spiro atoms. The van der Waals surface area contributed by atoms with Crippen LogP contribution in [0.15, 0.2) is 39.7 Å². The van der Waals surface area contributed by atoms with Crippen LogP contribution < -0.4 is 10.4 Å². The fourth-order valence-electron chi connectivity index (χ4n) is 2.29. The maximum atomic E-state index is 12.1. The summed E-state index contributed by atoms with van der Waals surface area (Å²) in [6.07, 6.45) is 2.34. The second-order valence-electron chi connectivity index (χ2n) is 5.18. The number of furan rings is 1. The number of aryl methyl sites for hydroxylation is 3. The molecule has 1 aromatic carbocycles. The molecule has 0 atom stereocenters. The summed E-state index contributed by atoms with van der Waals surface area (Å²) in [4.78, 5) is 12.1. The standard InChI is InChI=1S/C16H18N4O3/c1-4-12-9-23-15(20-16(21)19(3)17-18-20)13(12)10-22-14-8-6-5-7-11(14)2/h5-9H,4,10H2,1-3H3/i5T. The van der Waals surface area contributed by atoms with Crippen molar-refractivity contribution in [1.29, 1.82) is 0 Å². The van der Waals surface area contributed by atoms with Gasteiger partial charge in [-0.1, -0.05) is 25.1 Å². The van der Waals surface area contributed by atoms with E-state index >= 15 is 0 Å². The van der Waals surface area contributed by atoms with Crippen LogP contribution in [0.4, 0.5) is 0 Å². The summed E-state index contributed by atoms with van der Waals surface area (Å²) < 4.78 is 21.3. The molecule has 2 aromatic heterocycles. The zero-order valence-electron chi connectivity index (χ0n) is 14.2. The first-order valence-electron chi connectivity index (χ1n) is 7.80. The molecular formula is C16H18N4O3. The highest BCUT2D eigenvalue weighted by Gasteiger charge is 2.19. The van der Waals surface area contributed by atoms with Crippen LogP contribution in [0.1, 0.15) is 25.0 Å². The van der Waals surface area contributed by atoms with E-state index in [0.29, 0.717) is 17.7 Å². The maximum Gasteiger partial charge on any atom is 0.370 e. The smallest absolute Gasteiger partial charge is 0.370 e. The quantitative estimate of drug-likeness (QED) is 0.720. The van der Waals surface area contributed by atoms with Gasteiger partial charge in [0.05, 0.1) is 13.2 Å².